The van der Waals surface area contributed by atoms with Gasteiger partial charge in [-0.25, -0.2) is 9.37 Å². The average Bonchev–Trinajstić information content (AvgIpc) is 2.62. The second kappa shape index (κ2) is 7.77. The fraction of sp³-hybridized carbons (Fsp3) is 0.0526. The van der Waals surface area contributed by atoms with Gasteiger partial charge in [-0.1, -0.05) is 29.8 Å². The van der Waals surface area contributed by atoms with E-state index in [2.05, 4.69) is 15.6 Å². The van der Waals surface area contributed by atoms with Crippen molar-refractivity contribution in [3.63, 3.8) is 0 Å². The van der Waals surface area contributed by atoms with Gasteiger partial charge in [0.1, 0.15) is 11.6 Å². The number of benzene rings is 2. The van der Waals surface area contributed by atoms with Gasteiger partial charge in [-0.05, 0) is 48.0 Å². The Balaban J connectivity index is 1.59. The predicted octanol–water partition coefficient (Wildman–Crippen LogP) is 4.55. The van der Waals surface area contributed by atoms with E-state index in [0.29, 0.717) is 28.6 Å². The number of nitrogens with one attached hydrogen (secondary N) is 2. The van der Waals surface area contributed by atoms with Crippen LogP contribution in [0.3, 0.4) is 0 Å². The fourth-order valence-corrected chi connectivity index (χ4v) is 2.33. The lowest BCUT2D eigenvalue weighted by molar-refractivity contribution is 0.0950. The highest BCUT2D eigenvalue weighted by Gasteiger charge is 2.06. The van der Waals surface area contributed by atoms with Crippen LogP contribution >= 0.6 is 11.6 Å². The molecule has 1 heterocycles. The molecule has 0 radical (unpaired) electrons. The number of amides is 1. The van der Waals surface area contributed by atoms with Gasteiger partial charge in [-0.15, -0.1) is 0 Å². The van der Waals surface area contributed by atoms with Gasteiger partial charge < -0.3 is 10.6 Å². The first-order chi connectivity index (χ1) is 12.1. The van der Waals surface area contributed by atoms with E-state index in [1.165, 1.54) is 18.3 Å². The Morgan fingerprint density at radius 2 is 1.88 bits per heavy atom. The summed E-state index contributed by atoms with van der Waals surface area (Å²) in [5, 5.41) is 6.45. The van der Waals surface area contributed by atoms with Crippen LogP contribution < -0.4 is 10.6 Å². The van der Waals surface area contributed by atoms with Gasteiger partial charge in [0, 0.05) is 23.5 Å². The third-order valence-corrected chi connectivity index (χ3v) is 3.74. The molecule has 0 atom stereocenters. The van der Waals surface area contributed by atoms with Crippen molar-refractivity contribution < 1.29 is 9.18 Å². The van der Waals surface area contributed by atoms with Gasteiger partial charge >= 0.3 is 0 Å². The average molecular weight is 356 g/mol. The highest BCUT2D eigenvalue weighted by Crippen LogP contribution is 2.15. The number of hydrogen-bond donors (Lipinski definition) is 2. The third kappa shape index (κ3) is 4.78. The van der Waals surface area contributed by atoms with E-state index in [1.807, 2.05) is 12.1 Å². The van der Waals surface area contributed by atoms with E-state index in [4.69, 9.17) is 11.6 Å². The van der Waals surface area contributed by atoms with Crippen molar-refractivity contribution >= 4 is 29.0 Å². The molecule has 0 saturated carbocycles. The molecule has 126 valence electrons. The van der Waals surface area contributed by atoms with Gasteiger partial charge in [0.05, 0.1) is 5.56 Å². The summed E-state index contributed by atoms with van der Waals surface area (Å²) < 4.78 is 13.2. The maximum absolute atomic E-state index is 13.2. The largest absolute Gasteiger partial charge is 0.348 e. The molecule has 0 aliphatic carbocycles. The summed E-state index contributed by atoms with van der Waals surface area (Å²) in [6.07, 6.45) is 1.47. The minimum Gasteiger partial charge on any atom is -0.348 e. The molecule has 25 heavy (non-hydrogen) atoms. The molecule has 0 saturated heterocycles. The van der Waals surface area contributed by atoms with E-state index in [0.717, 1.165) is 5.56 Å². The maximum atomic E-state index is 13.2. The molecule has 3 rings (SSSR count). The topological polar surface area (TPSA) is 54.0 Å². The molecule has 6 heteroatoms. The number of halogens is 2. The maximum Gasteiger partial charge on any atom is 0.253 e. The number of carbonyl (C=O) groups excluding carboxylic acids is 1. The van der Waals surface area contributed by atoms with E-state index in [-0.39, 0.29) is 11.7 Å². The van der Waals surface area contributed by atoms with Gasteiger partial charge in [0.2, 0.25) is 0 Å². The van der Waals surface area contributed by atoms with Crippen LogP contribution in [0.4, 0.5) is 15.9 Å². The molecule has 0 fully saturated rings. The molecular formula is C19H15ClFN3O. The molecule has 0 aliphatic rings. The zero-order chi connectivity index (χ0) is 17.6. The van der Waals surface area contributed by atoms with Crippen LogP contribution in [-0.4, -0.2) is 10.9 Å². The van der Waals surface area contributed by atoms with Crippen molar-refractivity contribution in [2.45, 2.75) is 6.54 Å². The lowest BCUT2D eigenvalue weighted by atomic mass is 10.2. The number of carbonyl (C=O) groups is 1. The van der Waals surface area contributed by atoms with E-state index in [1.54, 1.807) is 36.4 Å². The second-order valence-electron chi connectivity index (χ2n) is 5.38. The van der Waals surface area contributed by atoms with Crippen molar-refractivity contribution in [3.05, 3.63) is 88.8 Å². The highest BCUT2D eigenvalue weighted by atomic mass is 35.5. The number of hydrogen-bond acceptors (Lipinski definition) is 3. The number of anilines is 2. The van der Waals surface area contributed by atoms with Crippen LogP contribution in [-0.2, 0) is 6.54 Å². The zero-order valence-corrected chi connectivity index (χ0v) is 13.9. The molecular weight excluding hydrogens is 341 g/mol. The molecule has 2 N–H and O–H groups in total. The Bertz CT molecular complexity index is 867. The highest BCUT2D eigenvalue weighted by molar-refractivity contribution is 6.30. The third-order valence-electron chi connectivity index (χ3n) is 3.49. The normalized spacial score (nSPS) is 10.3. The molecule has 0 aliphatic heterocycles. The van der Waals surface area contributed by atoms with Crippen molar-refractivity contribution in [1.82, 2.24) is 10.3 Å². The number of aromatic nitrogens is 1. The quantitative estimate of drug-likeness (QED) is 0.706. The van der Waals surface area contributed by atoms with E-state index < -0.39 is 0 Å². The molecule has 0 unspecified atom stereocenters. The van der Waals surface area contributed by atoms with Crippen LogP contribution in [0.25, 0.3) is 0 Å². The lowest BCUT2D eigenvalue weighted by Crippen LogP contribution is -2.22. The summed E-state index contributed by atoms with van der Waals surface area (Å²) in [6.45, 7) is 0.402. The standard InChI is InChI=1S/C19H15ClFN3O/c20-15-7-4-13(5-8-15)11-23-19(25)14-6-9-18(22-12-14)24-17-3-1-2-16(21)10-17/h1-10,12H,11H2,(H,22,24)(H,23,25). The van der Waals surface area contributed by atoms with E-state index in [9.17, 15) is 9.18 Å². The molecule has 1 aromatic heterocycles. The molecule has 3 aromatic rings. The molecule has 4 nitrogen and oxygen atoms in total. The summed E-state index contributed by atoms with van der Waals surface area (Å²) in [5.41, 5.74) is 1.99. The van der Waals surface area contributed by atoms with Crippen LogP contribution in [0.5, 0.6) is 0 Å². The lowest BCUT2D eigenvalue weighted by Gasteiger charge is -2.08. The van der Waals surface area contributed by atoms with Gasteiger partial charge in [-0.2, -0.15) is 0 Å². The SMILES string of the molecule is O=C(NCc1ccc(Cl)cc1)c1ccc(Nc2cccc(F)c2)nc1. The minimum atomic E-state index is -0.330. The summed E-state index contributed by atoms with van der Waals surface area (Å²) in [6, 6.07) is 16.7. The van der Waals surface area contributed by atoms with Crippen molar-refractivity contribution in [3.8, 4) is 0 Å². The van der Waals surface area contributed by atoms with Crippen LogP contribution in [0.15, 0.2) is 66.9 Å². The van der Waals surface area contributed by atoms with Crippen LogP contribution in [0.1, 0.15) is 15.9 Å². The number of rotatable bonds is 5. The second-order valence-corrected chi connectivity index (χ2v) is 5.81. The Labute approximate surface area is 149 Å². The first kappa shape index (κ1) is 16.9. The first-order valence-corrected chi connectivity index (χ1v) is 7.99. The summed E-state index contributed by atoms with van der Waals surface area (Å²) in [5.74, 6) is -0.0252. The first-order valence-electron chi connectivity index (χ1n) is 7.61. The van der Waals surface area contributed by atoms with Gasteiger partial charge in [-0.3, -0.25) is 4.79 Å². The molecule has 0 bridgehead atoms. The van der Waals surface area contributed by atoms with Gasteiger partial charge in [0.25, 0.3) is 5.91 Å². The van der Waals surface area contributed by atoms with Crippen LogP contribution in [0, 0.1) is 5.82 Å². The monoisotopic (exact) mass is 355 g/mol. The van der Waals surface area contributed by atoms with Crippen LogP contribution in [0.2, 0.25) is 5.02 Å². The predicted molar refractivity (Wildman–Crippen MR) is 96.5 cm³/mol. The Hall–Kier alpha value is -2.92. The fourth-order valence-electron chi connectivity index (χ4n) is 2.20. The zero-order valence-electron chi connectivity index (χ0n) is 13.2. The molecule has 2 aromatic carbocycles. The molecule has 0 spiro atoms. The Morgan fingerprint density at radius 1 is 1.08 bits per heavy atom. The van der Waals surface area contributed by atoms with Crippen molar-refractivity contribution in [1.29, 1.82) is 0 Å². The number of pyridine rings is 1. The van der Waals surface area contributed by atoms with Crippen molar-refractivity contribution in [2.75, 3.05) is 5.32 Å². The van der Waals surface area contributed by atoms with Crippen molar-refractivity contribution in [2.24, 2.45) is 0 Å². The Kier molecular flexibility index (Phi) is 5.26. The minimum absolute atomic E-state index is 0.222. The van der Waals surface area contributed by atoms with Gasteiger partial charge in [0.15, 0.2) is 0 Å². The van der Waals surface area contributed by atoms with E-state index >= 15 is 0 Å². The Morgan fingerprint density at radius 3 is 2.56 bits per heavy atom. The summed E-state index contributed by atoms with van der Waals surface area (Å²) in [4.78, 5) is 16.3. The summed E-state index contributed by atoms with van der Waals surface area (Å²) >= 11 is 5.83. The summed E-state index contributed by atoms with van der Waals surface area (Å²) in [7, 11) is 0. The number of nitrogens with zero attached hydrogens (tertiary/aromatic N) is 1. The smallest absolute Gasteiger partial charge is 0.253 e. The molecule has 1 amide bonds.